The van der Waals surface area contributed by atoms with E-state index in [-0.39, 0.29) is 42.1 Å². The van der Waals surface area contributed by atoms with Gasteiger partial charge in [0.05, 0.1) is 6.04 Å². The van der Waals surface area contributed by atoms with Crippen molar-refractivity contribution in [2.75, 3.05) is 32.7 Å². The lowest BCUT2D eigenvalue weighted by atomic mass is 9.89. The molecular weight excluding hydrogens is 421 g/mol. The number of amides is 2. The molecule has 1 aliphatic carbocycles. The second kappa shape index (κ2) is 11.1. The zero-order chi connectivity index (χ0) is 23.2. The Hall–Kier alpha value is -2.41. The lowest BCUT2D eigenvalue weighted by Crippen LogP contribution is -2.57. The number of morpholine rings is 1. The number of halogens is 1. The van der Waals surface area contributed by atoms with Crippen LogP contribution in [0.5, 0.6) is 0 Å². The number of piperidine rings is 1. The molecule has 2 aliphatic heterocycles. The van der Waals surface area contributed by atoms with E-state index in [2.05, 4.69) is 17.1 Å². The molecule has 0 bridgehead atoms. The summed E-state index contributed by atoms with van der Waals surface area (Å²) in [4.78, 5) is 30.1. The summed E-state index contributed by atoms with van der Waals surface area (Å²) in [6.07, 6.45) is 8.62. The molecule has 2 unspecified atom stereocenters. The number of likely N-dealkylation sites (tertiary alicyclic amines) is 1. The Balaban J connectivity index is 1.34. The summed E-state index contributed by atoms with van der Waals surface area (Å²) in [6, 6.07) is 5.99. The highest BCUT2D eigenvalue weighted by Crippen LogP contribution is 2.33. The Bertz CT molecular complexity index is 866. The van der Waals surface area contributed by atoms with E-state index in [0.717, 1.165) is 57.7 Å². The number of carbonyl (C=O) groups is 2. The molecule has 33 heavy (non-hydrogen) atoms. The minimum Gasteiger partial charge on any atom is -0.482 e. The molecule has 0 radical (unpaired) electrons. The molecule has 0 spiro atoms. The van der Waals surface area contributed by atoms with Crippen molar-refractivity contribution in [2.45, 2.75) is 64.0 Å². The van der Waals surface area contributed by atoms with Gasteiger partial charge in [0.15, 0.2) is 5.76 Å². The first-order valence-corrected chi connectivity index (χ1v) is 12.4. The van der Waals surface area contributed by atoms with E-state index < -0.39 is 0 Å². The fourth-order valence-corrected chi connectivity index (χ4v) is 5.14. The van der Waals surface area contributed by atoms with E-state index in [0.29, 0.717) is 12.1 Å². The SMILES string of the molecule is CC1CCN(CCCNC(=O)CN2C(=O)/C(=C\c3cccc(F)c3)OC3CCCCC32)CC1. The maximum absolute atomic E-state index is 13.6. The summed E-state index contributed by atoms with van der Waals surface area (Å²) in [5, 5.41) is 3.00. The third kappa shape index (κ3) is 6.34. The van der Waals surface area contributed by atoms with Crippen molar-refractivity contribution in [3.8, 4) is 0 Å². The van der Waals surface area contributed by atoms with Crippen LogP contribution in [0.2, 0.25) is 0 Å². The molecule has 180 valence electrons. The molecule has 4 rings (SSSR count). The first-order valence-electron chi connectivity index (χ1n) is 12.4. The quantitative estimate of drug-likeness (QED) is 0.502. The minimum absolute atomic E-state index is 0.0328. The van der Waals surface area contributed by atoms with Gasteiger partial charge in [0.25, 0.3) is 5.91 Å². The van der Waals surface area contributed by atoms with Gasteiger partial charge in [-0.25, -0.2) is 4.39 Å². The zero-order valence-corrected chi connectivity index (χ0v) is 19.6. The highest BCUT2D eigenvalue weighted by atomic mass is 19.1. The average molecular weight is 458 g/mol. The second-order valence-electron chi connectivity index (χ2n) is 9.73. The van der Waals surface area contributed by atoms with E-state index in [4.69, 9.17) is 4.74 Å². The molecule has 3 aliphatic rings. The molecule has 3 fully saturated rings. The van der Waals surface area contributed by atoms with Crippen LogP contribution in [0.1, 0.15) is 57.4 Å². The number of rotatable bonds is 7. The smallest absolute Gasteiger partial charge is 0.289 e. The topological polar surface area (TPSA) is 61.9 Å². The predicted molar refractivity (Wildman–Crippen MR) is 126 cm³/mol. The molecule has 0 aromatic heterocycles. The maximum atomic E-state index is 13.6. The van der Waals surface area contributed by atoms with Gasteiger partial charge < -0.3 is 19.9 Å². The molecule has 6 nitrogen and oxygen atoms in total. The van der Waals surface area contributed by atoms with Crippen LogP contribution in [-0.2, 0) is 14.3 Å². The van der Waals surface area contributed by atoms with E-state index >= 15 is 0 Å². The number of ether oxygens (including phenoxy) is 1. The standard InChI is InChI=1S/C26H36FN3O3/c1-19-10-14-29(15-11-19)13-5-12-28-25(31)18-30-22-8-2-3-9-23(22)33-24(26(30)32)17-20-6-4-7-21(27)16-20/h4,6-7,16-17,19,22-23H,2-3,5,8-15,18H2,1H3,(H,28,31)/b24-17+. The monoisotopic (exact) mass is 457 g/mol. The lowest BCUT2D eigenvalue weighted by molar-refractivity contribution is -0.151. The second-order valence-corrected chi connectivity index (χ2v) is 9.73. The van der Waals surface area contributed by atoms with Crippen LogP contribution >= 0.6 is 0 Å². The fraction of sp³-hybridized carbons (Fsp3) is 0.615. The Morgan fingerprint density at radius 1 is 1.21 bits per heavy atom. The van der Waals surface area contributed by atoms with E-state index in [9.17, 15) is 14.0 Å². The minimum atomic E-state index is -0.363. The predicted octanol–water partition coefficient (Wildman–Crippen LogP) is 3.57. The molecular formula is C26H36FN3O3. The third-order valence-corrected chi connectivity index (χ3v) is 7.13. The molecule has 2 saturated heterocycles. The first kappa shape index (κ1) is 23.7. The normalized spacial score (nSPS) is 25.6. The Morgan fingerprint density at radius 3 is 2.79 bits per heavy atom. The van der Waals surface area contributed by atoms with E-state index in [1.807, 2.05) is 0 Å². The zero-order valence-electron chi connectivity index (χ0n) is 19.6. The van der Waals surface area contributed by atoms with Crippen molar-refractivity contribution in [3.63, 3.8) is 0 Å². The third-order valence-electron chi connectivity index (χ3n) is 7.13. The summed E-state index contributed by atoms with van der Waals surface area (Å²) < 4.78 is 19.6. The van der Waals surface area contributed by atoms with Gasteiger partial charge in [-0.05, 0) is 87.8 Å². The number of nitrogens with one attached hydrogen (secondary N) is 1. The number of fused-ring (bicyclic) bond motifs is 1. The molecule has 1 aromatic carbocycles. The van der Waals surface area contributed by atoms with Gasteiger partial charge in [-0.2, -0.15) is 0 Å². The molecule has 7 heteroatoms. The summed E-state index contributed by atoms with van der Waals surface area (Å²) in [5.41, 5.74) is 0.573. The molecule has 2 amide bonds. The first-order chi connectivity index (χ1) is 16.0. The molecule has 1 N–H and O–H groups in total. The van der Waals surface area contributed by atoms with Gasteiger partial charge in [0.1, 0.15) is 18.5 Å². The summed E-state index contributed by atoms with van der Waals surface area (Å²) in [5.74, 6) is 0.219. The molecule has 1 aromatic rings. The maximum Gasteiger partial charge on any atom is 0.289 e. The van der Waals surface area contributed by atoms with Crippen molar-refractivity contribution in [1.29, 1.82) is 0 Å². The highest BCUT2D eigenvalue weighted by Gasteiger charge is 2.42. The molecule has 2 atom stereocenters. The number of hydrogen-bond donors (Lipinski definition) is 1. The number of carbonyl (C=O) groups excluding carboxylic acids is 2. The van der Waals surface area contributed by atoms with Crippen LogP contribution in [0, 0.1) is 11.7 Å². The Morgan fingerprint density at radius 2 is 2.00 bits per heavy atom. The Labute approximate surface area is 196 Å². The van der Waals surface area contributed by atoms with Crippen molar-refractivity contribution < 1.29 is 18.7 Å². The van der Waals surface area contributed by atoms with Gasteiger partial charge in [0.2, 0.25) is 5.91 Å². The van der Waals surface area contributed by atoms with Gasteiger partial charge >= 0.3 is 0 Å². The van der Waals surface area contributed by atoms with Gasteiger partial charge in [-0.15, -0.1) is 0 Å². The fourth-order valence-electron chi connectivity index (χ4n) is 5.14. The van der Waals surface area contributed by atoms with Crippen molar-refractivity contribution in [2.24, 2.45) is 5.92 Å². The van der Waals surface area contributed by atoms with E-state index in [1.54, 1.807) is 23.1 Å². The van der Waals surface area contributed by atoms with Gasteiger partial charge in [-0.3, -0.25) is 9.59 Å². The van der Waals surface area contributed by atoms with Crippen LogP contribution in [0.4, 0.5) is 4.39 Å². The van der Waals surface area contributed by atoms with Crippen LogP contribution in [0.3, 0.4) is 0 Å². The lowest BCUT2D eigenvalue weighted by Gasteiger charge is -2.44. The van der Waals surface area contributed by atoms with E-state index in [1.165, 1.54) is 25.0 Å². The van der Waals surface area contributed by atoms with Crippen LogP contribution in [0.15, 0.2) is 30.0 Å². The number of benzene rings is 1. The summed E-state index contributed by atoms with van der Waals surface area (Å²) in [6.45, 7) is 6.23. The van der Waals surface area contributed by atoms with Gasteiger partial charge in [0, 0.05) is 6.54 Å². The van der Waals surface area contributed by atoms with Gasteiger partial charge in [-0.1, -0.05) is 25.5 Å². The summed E-state index contributed by atoms with van der Waals surface area (Å²) in [7, 11) is 0. The van der Waals surface area contributed by atoms with Crippen molar-refractivity contribution in [3.05, 3.63) is 41.4 Å². The van der Waals surface area contributed by atoms with Crippen LogP contribution in [-0.4, -0.2) is 66.5 Å². The number of hydrogen-bond acceptors (Lipinski definition) is 4. The van der Waals surface area contributed by atoms with Crippen molar-refractivity contribution in [1.82, 2.24) is 15.1 Å². The van der Waals surface area contributed by atoms with Crippen molar-refractivity contribution >= 4 is 17.9 Å². The molecule has 2 heterocycles. The largest absolute Gasteiger partial charge is 0.482 e. The Kier molecular flexibility index (Phi) is 8.02. The molecule has 1 saturated carbocycles. The average Bonchev–Trinajstić information content (AvgIpc) is 2.81. The van der Waals surface area contributed by atoms with Crippen LogP contribution < -0.4 is 5.32 Å². The number of nitrogens with zero attached hydrogens (tertiary/aromatic N) is 2. The van der Waals surface area contributed by atoms with Crippen LogP contribution in [0.25, 0.3) is 6.08 Å². The summed E-state index contributed by atoms with van der Waals surface area (Å²) >= 11 is 0. The highest BCUT2D eigenvalue weighted by molar-refractivity contribution is 5.98.